The maximum atomic E-state index is 12.3. The number of hydrogen-bond donors (Lipinski definition) is 2. The van der Waals surface area contributed by atoms with E-state index in [1.807, 2.05) is 54.6 Å². The van der Waals surface area contributed by atoms with E-state index in [1.165, 1.54) is 5.56 Å². The van der Waals surface area contributed by atoms with E-state index in [4.69, 9.17) is 5.73 Å². The van der Waals surface area contributed by atoms with E-state index in [0.717, 1.165) is 17.7 Å². The van der Waals surface area contributed by atoms with Crippen molar-refractivity contribution in [3.05, 3.63) is 65.7 Å². The van der Waals surface area contributed by atoms with E-state index in [2.05, 4.69) is 12.2 Å². The molecule has 0 saturated heterocycles. The summed E-state index contributed by atoms with van der Waals surface area (Å²) in [6, 6.07) is 17.5. The largest absolute Gasteiger partial charge is 0.329 e. The van der Waals surface area contributed by atoms with Crippen LogP contribution in [0.4, 0.5) is 5.69 Å². The van der Waals surface area contributed by atoms with Crippen LogP contribution in [-0.4, -0.2) is 12.5 Å². The van der Waals surface area contributed by atoms with Gasteiger partial charge in [-0.05, 0) is 29.7 Å². The minimum atomic E-state index is -0.318. The molecule has 0 spiro atoms. The second-order valence-corrected chi connectivity index (χ2v) is 4.74. The SMILES string of the molecule is CCc1ccc(NC(=O)C(CN)c2ccccc2)cc1. The van der Waals surface area contributed by atoms with Gasteiger partial charge in [-0.2, -0.15) is 0 Å². The number of nitrogens with one attached hydrogen (secondary N) is 1. The second kappa shape index (κ2) is 6.87. The molecule has 0 heterocycles. The van der Waals surface area contributed by atoms with Crippen LogP contribution in [0, 0.1) is 0 Å². The van der Waals surface area contributed by atoms with Gasteiger partial charge >= 0.3 is 0 Å². The smallest absolute Gasteiger partial charge is 0.233 e. The molecular formula is C17H20N2O. The number of carbonyl (C=O) groups is 1. The van der Waals surface area contributed by atoms with Crippen molar-refractivity contribution < 1.29 is 4.79 Å². The fraction of sp³-hybridized carbons (Fsp3) is 0.235. The molecule has 0 fully saturated rings. The zero-order valence-electron chi connectivity index (χ0n) is 11.7. The van der Waals surface area contributed by atoms with Crippen LogP contribution in [-0.2, 0) is 11.2 Å². The fourth-order valence-electron chi connectivity index (χ4n) is 2.13. The van der Waals surface area contributed by atoms with Crippen LogP contribution in [0.5, 0.6) is 0 Å². The second-order valence-electron chi connectivity index (χ2n) is 4.74. The lowest BCUT2D eigenvalue weighted by atomic mass is 9.98. The van der Waals surface area contributed by atoms with Crippen molar-refractivity contribution in [2.75, 3.05) is 11.9 Å². The summed E-state index contributed by atoms with van der Waals surface area (Å²) in [6.45, 7) is 2.40. The molecule has 1 amide bonds. The van der Waals surface area contributed by atoms with Crippen LogP contribution in [0.2, 0.25) is 0 Å². The summed E-state index contributed by atoms with van der Waals surface area (Å²) >= 11 is 0. The first kappa shape index (κ1) is 14.3. The molecule has 3 nitrogen and oxygen atoms in total. The van der Waals surface area contributed by atoms with Crippen LogP contribution in [0.25, 0.3) is 0 Å². The van der Waals surface area contributed by atoms with Crippen LogP contribution in [0.1, 0.15) is 24.0 Å². The van der Waals surface area contributed by atoms with Crippen molar-refractivity contribution in [3.63, 3.8) is 0 Å². The molecule has 104 valence electrons. The molecule has 2 rings (SSSR count). The number of rotatable bonds is 5. The minimum Gasteiger partial charge on any atom is -0.329 e. The van der Waals surface area contributed by atoms with E-state index in [1.54, 1.807) is 0 Å². The average molecular weight is 268 g/mol. The molecule has 0 aliphatic rings. The standard InChI is InChI=1S/C17H20N2O/c1-2-13-8-10-15(11-9-13)19-17(20)16(12-18)14-6-4-3-5-7-14/h3-11,16H,2,12,18H2,1H3,(H,19,20). The zero-order chi connectivity index (χ0) is 14.4. The number of anilines is 1. The molecule has 0 radical (unpaired) electrons. The predicted octanol–water partition coefficient (Wildman–Crippen LogP) is 2.93. The lowest BCUT2D eigenvalue weighted by molar-refractivity contribution is -0.117. The molecule has 20 heavy (non-hydrogen) atoms. The van der Waals surface area contributed by atoms with Gasteiger partial charge in [0.15, 0.2) is 0 Å². The third kappa shape index (κ3) is 3.45. The molecular weight excluding hydrogens is 248 g/mol. The lowest BCUT2D eigenvalue weighted by Crippen LogP contribution is -2.27. The third-order valence-electron chi connectivity index (χ3n) is 3.38. The van der Waals surface area contributed by atoms with Crippen molar-refractivity contribution in [3.8, 4) is 0 Å². The van der Waals surface area contributed by atoms with Gasteiger partial charge in [-0.15, -0.1) is 0 Å². The van der Waals surface area contributed by atoms with Crippen molar-refractivity contribution in [1.82, 2.24) is 0 Å². The third-order valence-corrected chi connectivity index (χ3v) is 3.38. The van der Waals surface area contributed by atoms with Gasteiger partial charge in [-0.1, -0.05) is 49.4 Å². The Kier molecular flexibility index (Phi) is 4.91. The van der Waals surface area contributed by atoms with E-state index < -0.39 is 0 Å². The molecule has 2 aromatic carbocycles. The Morgan fingerprint density at radius 3 is 2.30 bits per heavy atom. The van der Waals surface area contributed by atoms with Gasteiger partial charge in [-0.25, -0.2) is 0 Å². The van der Waals surface area contributed by atoms with E-state index in [9.17, 15) is 4.79 Å². The minimum absolute atomic E-state index is 0.0667. The Morgan fingerprint density at radius 1 is 1.10 bits per heavy atom. The molecule has 1 atom stereocenters. The highest BCUT2D eigenvalue weighted by molar-refractivity contribution is 5.96. The first-order chi connectivity index (χ1) is 9.74. The summed E-state index contributed by atoms with van der Waals surface area (Å²) in [5, 5.41) is 2.92. The van der Waals surface area contributed by atoms with Crippen LogP contribution in [0.3, 0.4) is 0 Å². The highest BCUT2D eigenvalue weighted by Gasteiger charge is 2.18. The van der Waals surface area contributed by atoms with Gasteiger partial charge in [0.1, 0.15) is 0 Å². The summed E-state index contributed by atoms with van der Waals surface area (Å²) in [6.07, 6.45) is 0.990. The summed E-state index contributed by atoms with van der Waals surface area (Å²) in [5.74, 6) is -0.384. The molecule has 0 aromatic heterocycles. The predicted molar refractivity (Wildman–Crippen MR) is 82.7 cm³/mol. The van der Waals surface area contributed by atoms with Crippen LogP contribution < -0.4 is 11.1 Å². The average Bonchev–Trinajstić information content (AvgIpc) is 2.50. The molecule has 0 aliphatic carbocycles. The summed E-state index contributed by atoms with van der Waals surface area (Å²) < 4.78 is 0. The van der Waals surface area contributed by atoms with Crippen molar-refractivity contribution in [2.45, 2.75) is 19.3 Å². The highest BCUT2D eigenvalue weighted by Crippen LogP contribution is 2.17. The van der Waals surface area contributed by atoms with Crippen molar-refractivity contribution in [2.24, 2.45) is 5.73 Å². The zero-order valence-corrected chi connectivity index (χ0v) is 11.7. The molecule has 3 heteroatoms. The molecule has 3 N–H and O–H groups in total. The number of amides is 1. The number of nitrogens with two attached hydrogens (primary N) is 1. The van der Waals surface area contributed by atoms with Crippen LogP contribution in [0.15, 0.2) is 54.6 Å². The maximum absolute atomic E-state index is 12.3. The number of hydrogen-bond acceptors (Lipinski definition) is 2. The van der Waals surface area contributed by atoms with Crippen molar-refractivity contribution >= 4 is 11.6 Å². The molecule has 0 bridgehead atoms. The first-order valence-corrected chi connectivity index (χ1v) is 6.89. The Hall–Kier alpha value is -2.13. The van der Waals surface area contributed by atoms with E-state index in [0.29, 0.717) is 6.54 Å². The van der Waals surface area contributed by atoms with Gasteiger partial charge in [0.25, 0.3) is 0 Å². The summed E-state index contributed by atoms with van der Waals surface area (Å²) in [4.78, 5) is 12.3. The normalized spacial score (nSPS) is 11.9. The Labute approximate surface area is 119 Å². The van der Waals surface area contributed by atoms with Gasteiger partial charge in [-0.3, -0.25) is 4.79 Å². The number of benzene rings is 2. The molecule has 2 aromatic rings. The van der Waals surface area contributed by atoms with Crippen LogP contribution >= 0.6 is 0 Å². The Bertz CT molecular complexity index is 549. The monoisotopic (exact) mass is 268 g/mol. The summed E-state index contributed by atoms with van der Waals surface area (Å²) in [7, 11) is 0. The van der Waals surface area contributed by atoms with Gasteiger partial charge in [0, 0.05) is 12.2 Å². The Morgan fingerprint density at radius 2 is 1.75 bits per heavy atom. The molecule has 0 saturated carbocycles. The lowest BCUT2D eigenvalue weighted by Gasteiger charge is -2.15. The van der Waals surface area contributed by atoms with Gasteiger partial charge < -0.3 is 11.1 Å². The number of aryl methyl sites for hydroxylation is 1. The van der Waals surface area contributed by atoms with E-state index in [-0.39, 0.29) is 11.8 Å². The van der Waals surface area contributed by atoms with Gasteiger partial charge in [0.2, 0.25) is 5.91 Å². The highest BCUT2D eigenvalue weighted by atomic mass is 16.1. The summed E-state index contributed by atoms with van der Waals surface area (Å²) in [5.41, 5.74) is 8.74. The topological polar surface area (TPSA) is 55.1 Å². The fourth-order valence-corrected chi connectivity index (χ4v) is 2.13. The maximum Gasteiger partial charge on any atom is 0.233 e. The molecule has 1 unspecified atom stereocenters. The molecule has 0 aliphatic heterocycles. The number of carbonyl (C=O) groups excluding carboxylic acids is 1. The van der Waals surface area contributed by atoms with Crippen molar-refractivity contribution in [1.29, 1.82) is 0 Å². The first-order valence-electron chi connectivity index (χ1n) is 6.89. The van der Waals surface area contributed by atoms with Gasteiger partial charge in [0.05, 0.1) is 5.92 Å². The van der Waals surface area contributed by atoms with E-state index >= 15 is 0 Å². The Balaban J connectivity index is 2.09. The quantitative estimate of drug-likeness (QED) is 0.876.